The third kappa shape index (κ3) is 2.98. The normalized spacial score (nSPS) is 19.6. The molecule has 6 nitrogen and oxygen atoms in total. The molecule has 1 aromatic rings. The number of rotatable bonds is 5. The number of carbonyl (C=O) groups is 2. The molecule has 1 aromatic carbocycles. The molecule has 1 saturated heterocycles. The van der Waals surface area contributed by atoms with Gasteiger partial charge in [0, 0.05) is 18.5 Å². The van der Waals surface area contributed by atoms with E-state index in [2.05, 4.69) is 0 Å². The summed E-state index contributed by atoms with van der Waals surface area (Å²) in [5, 5.41) is 9.11. The fourth-order valence-electron chi connectivity index (χ4n) is 2.44. The molecule has 0 aliphatic carbocycles. The van der Waals surface area contributed by atoms with Gasteiger partial charge in [-0.25, -0.2) is 8.42 Å². The topological polar surface area (TPSA) is 91.8 Å². The first-order chi connectivity index (χ1) is 9.87. The van der Waals surface area contributed by atoms with Crippen molar-refractivity contribution in [3.8, 4) is 0 Å². The summed E-state index contributed by atoms with van der Waals surface area (Å²) in [4.78, 5) is 22.8. The van der Waals surface area contributed by atoms with Gasteiger partial charge in [-0.2, -0.15) is 4.31 Å². The van der Waals surface area contributed by atoms with Crippen LogP contribution in [0.4, 0.5) is 0 Å². The van der Waals surface area contributed by atoms with Gasteiger partial charge < -0.3 is 5.11 Å². The molecular formula is C14H17NO5S. The highest BCUT2D eigenvalue weighted by Crippen LogP contribution is 2.26. The summed E-state index contributed by atoms with van der Waals surface area (Å²) in [6.45, 7) is 1.88. The maximum atomic E-state index is 12.6. The second kappa shape index (κ2) is 5.95. The molecule has 1 unspecified atom stereocenters. The molecule has 0 aromatic heterocycles. The van der Waals surface area contributed by atoms with Crippen molar-refractivity contribution in [3.05, 3.63) is 29.8 Å². The van der Waals surface area contributed by atoms with E-state index in [1.165, 1.54) is 18.2 Å². The van der Waals surface area contributed by atoms with E-state index in [0.717, 1.165) is 4.31 Å². The molecule has 0 spiro atoms. The zero-order valence-corrected chi connectivity index (χ0v) is 12.5. The minimum absolute atomic E-state index is 0.0325. The van der Waals surface area contributed by atoms with Crippen molar-refractivity contribution in [3.63, 3.8) is 0 Å². The number of ketones is 1. The van der Waals surface area contributed by atoms with Gasteiger partial charge in [0.25, 0.3) is 0 Å². The van der Waals surface area contributed by atoms with Gasteiger partial charge >= 0.3 is 5.97 Å². The summed E-state index contributed by atoms with van der Waals surface area (Å²) < 4.78 is 26.1. The fraction of sp³-hybridized carbons (Fsp3) is 0.429. The number of carbonyl (C=O) groups excluding carboxylic acids is 1. The lowest BCUT2D eigenvalue weighted by Crippen LogP contribution is -2.40. The molecule has 1 N–H and O–H groups in total. The Labute approximate surface area is 123 Å². The second-order valence-corrected chi connectivity index (χ2v) is 6.81. The van der Waals surface area contributed by atoms with Crippen molar-refractivity contribution in [2.45, 2.75) is 37.1 Å². The molecule has 1 aliphatic heterocycles. The fourth-order valence-corrected chi connectivity index (χ4v) is 4.14. The van der Waals surface area contributed by atoms with Crippen molar-refractivity contribution < 1.29 is 23.1 Å². The summed E-state index contributed by atoms with van der Waals surface area (Å²) in [6.07, 6.45) is 1.11. The quantitative estimate of drug-likeness (QED) is 0.832. The first kappa shape index (κ1) is 15.7. The van der Waals surface area contributed by atoms with Crippen LogP contribution in [0.1, 0.15) is 36.5 Å². The summed E-state index contributed by atoms with van der Waals surface area (Å²) in [5.41, 5.74) is 0.324. The molecule has 1 atom stereocenters. The average molecular weight is 311 g/mol. The number of Topliss-reactive ketones (excluding diaryl/α,β-unsaturated/α-hetero) is 1. The largest absolute Gasteiger partial charge is 0.480 e. The first-order valence-electron chi connectivity index (χ1n) is 6.76. The Bertz CT molecular complexity index is 668. The molecule has 0 amide bonds. The van der Waals surface area contributed by atoms with Crippen LogP contribution in [0.3, 0.4) is 0 Å². The van der Waals surface area contributed by atoms with Crippen LogP contribution in [0, 0.1) is 0 Å². The number of hydrogen-bond acceptors (Lipinski definition) is 4. The van der Waals surface area contributed by atoms with Crippen LogP contribution in [0.2, 0.25) is 0 Å². The molecule has 2 rings (SSSR count). The summed E-state index contributed by atoms with van der Waals surface area (Å²) in [6, 6.07) is 4.74. The maximum Gasteiger partial charge on any atom is 0.322 e. The molecule has 21 heavy (non-hydrogen) atoms. The highest BCUT2D eigenvalue weighted by Gasteiger charge is 2.39. The average Bonchev–Trinajstić information content (AvgIpc) is 2.97. The van der Waals surface area contributed by atoms with E-state index in [9.17, 15) is 18.0 Å². The Balaban J connectivity index is 2.40. The Kier molecular flexibility index (Phi) is 4.43. The van der Waals surface area contributed by atoms with Gasteiger partial charge in [-0.1, -0.05) is 19.1 Å². The third-order valence-electron chi connectivity index (χ3n) is 3.57. The van der Waals surface area contributed by atoms with Crippen LogP contribution in [0.15, 0.2) is 29.2 Å². The molecule has 1 aliphatic rings. The van der Waals surface area contributed by atoms with E-state index in [0.29, 0.717) is 18.4 Å². The Hall–Kier alpha value is -1.73. The predicted octanol–water partition coefficient (Wildman–Crippen LogP) is 1.52. The van der Waals surface area contributed by atoms with Crippen LogP contribution in [0.5, 0.6) is 0 Å². The molecule has 7 heteroatoms. The van der Waals surface area contributed by atoms with Crippen molar-refractivity contribution in [1.82, 2.24) is 4.31 Å². The minimum atomic E-state index is -3.90. The number of aliphatic carboxylic acids is 1. The van der Waals surface area contributed by atoms with Gasteiger partial charge in [-0.3, -0.25) is 9.59 Å². The van der Waals surface area contributed by atoms with Crippen LogP contribution < -0.4 is 0 Å². The third-order valence-corrected chi connectivity index (χ3v) is 5.48. The van der Waals surface area contributed by atoms with E-state index >= 15 is 0 Å². The van der Waals surface area contributed by atoms with Gasteiger partial charge in [-0.15, -0.1) is 0 Å². The summed E-state index contributed by atoms with van der Waals surface area (Å²) >= 11 is 0. The minimum Gasteiger partial charge on any atom is -0.480 e. The molecule has 0 saturated carbocycles. The van der Waals surface area contributed by atoms with Gasteiger partial charge in [-0.05, 0) is 25.0 Å². The summed E-state index contributed by atoms with van der Waals surface area (Å²) in [5.74, 6) is -1.29. The SMILES string of the molecule is CCC(=O)c1cccc(S(=O)(=O)N2CCCC2C(=O)O)c1. The number of carboxylic acid groups (broad SMARTS) is 1. The molecule has 114 valence electrons. The zero-order valence-electron chi connectivity index (χ0n) is 11.7. The zero-order chi connectivity index (χ0) is 15.6. The van der Waals surface area contributed by atoms with E-state index < -0.39 is 22.0 Å². The molecular weight excluding hydrogens is 294 g/mol. The van der Waals surface area contributed by atoms with Crippen molar-refractivity contribution in [2.75, 3.05) is 6.54 Å². The standard InChI is InChI=1S/C14H17NO5S/c1-2-13(16)10-5-3-6-11(9-10)21(19,20)15-8-4-7-12(15)14(17)18/h3,5-6,9,12H,2,4,7-8H2,1H3,(H,17,18). The number of hydrogen-bond donors (Lipinski definition) is 1. The van der Waals surface area contributed by atoms with Gasteiger partial charge in [0.15, 0.2) is 5.78 Å². The lowest BCUT2D eigenvalue weighted by molar-refractivity contribution is -0.140. The Morgan fingerprint density at radius 1 is 1.38 bits per heavy atom. The van der Waals surface area contributed by atoms with Crippen LogP contribution in [0.25, 0.3) is 0 Å². The van der Waals surface area contributed by atoms with E-state index in [1.807, 2.05) is 0 Å². The molecule has 0 radical (unpaired) electrons. The monoisotopic (exact) mass is 311 g/mol. The summed E-state index contributed by atoms with van der Waals surface area (Å²) in [7, 11) is -3.90. The van der Waals surface area contributed by atoms with Crippen molar-refractivity contribution in [1.29, 1.82) is 0 Å². The van der Waals surface area contributed by atoms with E-state index in [1.54, 1.807) is 13.0 Å². The number of benzene rings is 1. The lowest BCUT2D eigenvalue weighted by Gasteiger charge is -2.21. The van der Waals surface area contributed by atoms with E-state index in [4.69, 9.17) is 5.11 Å². The predicted molar refractivity (Wildman–Crippen MR) is 75.6 cm³/mol. The van der Waals surface area contributed by atoms with Crippen molar-refractivity contribution in [2.24, 2.45) is 0 Å². The molecule has 1 heterocycles. The highest BCUT2D eigenvalue weighted by atomic mass is 32.2. The first-order valence-corrected chi connectivity index (χ1v) is 8.20. The van der Waals surface area contributed by atoms with Gasteiger partial charge in [0.2, 0.25) is 10.0 Å². The van der Waals surface area contributed by atoms with Crippen molar-refractivity contribution >= 4 is 21.8 Å². The number of carboxylic acids is 1. The molecule has 0 bridgehead atoms. The van der Waals surface area contributed by atoms with Gasteiger partial charge in [0.05, 0.1) is 4.90 Å². The smallest absolute Gasteiger partial charge is 0.322 e. The number of sulfonamides is 1. The second-order valence-electron chi connectivity index (χ2n) is 4.92. The lowest BCUT2D eigenvalue weighted by atomic mass is 10.1. The van der Waals surface area contributed by atoms with E-state index in [-0.39, 0.29) is 23.6 Å². The maximum absolute atomic E-state index is 12.6. The molecule has 1 fully saturated rings. The van der Waals surface area contributed by atoms with Crippen LogP contribution >= 0.6 is 0 Å². The Morgan fingerprint density at radius 2 is 2.10 bits per heavy atom. The van der Waals surface area contributed by atoms with Crippen LogP contribution in [-0.4, -0.2) is 42.2 Å². The Morgan fingerprint density at radius 3 is 2.71 bits per heavy atom. The van der Waals surface area contributed by atoms with Crippen LogP contribution in [-0.2, 0) is 14.8 Å². The van der Waals surface area contributed by atoms with Gasteiger partial charge in [0.1, 0.15) is 6.04 Å². The highest BCUT2D eigenvalue weighted by molar-refractivity contribution is 7.89. The number of nitrogens with zero attached hydrogens (tertiary/aromatic N) is 1.